The van der Waals surface area contributed by atoms with Crippen LogP contribution in [0.25, 0.3) is 0 Å². The van der Waals surface area contributed by atoms with Crippen molar-refractivity contribution in [1.29, 1.82) is 0 Å². The second-order valence-electron chi connectivity index (χ2n) is 6.91. The summed E-state index contributed by atoms with van der Waals surface area (Å²) in [5.74, 6) is 1.82. The predicted octanol–water partition coefficient (Wildman–Crippen LogP) is 5.70. The van der Waals surface area contributed by atoms with Gasteiger partial charge in [0, 0.05) is 16.1 Å². The van der Waals surface area contributed by atoms with E-state index in [9.17, 15) is 4.79 Å². The molecule has 7 nitrogen and oxygen atoms in total. The fourth-order valence-electron chi connectivity index (χ4n) is 3.04. The molecule has 0 radical (unpaired) electrons. The molecule has 1 amide bonds. The number of hydrazone groups is 1. The minimum absolute atomic E-state index is 0.310. The molecular formula is C25H24ClIN2O5. The van der Waals surface area contributed by atoms with Crippen molar-refractivity contribution in [1.82, 2.24) is 5.43 Å². The van der Waals surface area contributed by atoms with E-state index in [4.69, 9.17) is 30.5 Å². The lowest BCUT2D eigenvalue weighted by Crippen LogP contribution is -2.17. The van der Waals surface area contributed by atoms with Crippen LogP contribution in [0.5, 0.6) is 23.0 Å². The van der Waals surface area contributed by atoms with E-state index >= 15 is 0 Å². The molecule has 9 heteroatoms. The van der Waals surface area contributed by atoms with E-state index in [0.717, 1.165) is 14.7 Å². The number of hydrogen-bond donors (Lipinski definition) is 1. The Bertz CT molecular complexity index is 1190. The molecule has 0 aliphatic carbocycles. The summed E-state index contributed by atoms with van der Waals surface area (Å²) in [4.78, 5) is 12.5. The van der Waals surface area contributed by atoms with Gasteiger partial charge in [0.2, 0.25) is 0 Å². The van der Waals surface area contributed by atoms with Gasteiger partial charge >= 0.3 is 0 Å². The van der Waals surface area contributed by atoms with E-state index < -0.39 is 0 Å². The van der Waals surface area contributed by atoms with Crippen LogP contribution in [0.3, 0.4) is 0 Å². The minimum atomic E-state index is -0.378. The van der Waals surface area contributed by atoms with Crippen molar-refractivity contribution >= 4 is 46.3 Å². The third-order valence-corrected chi connectivity index (χ3v) is 5.86. The molecule has 178 valence electrons. The summed E-state index contributed by atoms with van der Waals surface area (Å²) in [6.07, 6.45) is 1.54. The van der Waals surface area contributed by atoms with Gasteiger partial charge in [-0.25, -0.2) is 5.43 Å². The smallest absolute Gasteiger partial charge is 0.271 e. The number of carbonyl (C=O) groups excluding carboxylic acids is 1. The SMILES string of the molecule is CCOc1cc(/C=N/NC(=O)c2ccc(OC)c(OC)c2)cc(I)c1OCc1ccccc1Cl. The van der Waals surface area contributed by atoms with Crippen LogP contribution >= 0.6 is 34.2 Å². The average molecular weight is 595 g/mol. The summed E-state index contributed by atoms with van der Waals surface area (Å²) in [6.45, 7) is 2.68. The number of benzene rings is 3. The fourth-order valence-corrected chi connectivity index (χ4v) is 4.01. The van der Waals surface area contributed by atoms with Crippen molar-refractivity contribution in [3.63, 3.8) is 0 Å². The van der Waals surface area contributed by atoms with Gasteiger partial charge in [-0.3, -0.25) is 4.79 Å². The first-order valence-electron chi connectivity index (χ1n) is 10.3. The molecular weight excluding hydrogens is 571 g/mol. The molecule has 0 aliphatic rings. The van der Waals surface area contributed by atoms with Crippen LogP contribution in [0.4, 0.5) is 0 Å². The highest BCUT2D eigenvalue weighted by atomic mass is 127. The molecule has 0 heterocycles. The van der Waals surface area contributed by atoms with Crippen LogP contribution in [0.2, 0.25) is 5.02 Å². The van der Waals surface area contributed by atoms with Crippen LogP contribution in [0.15, 0.2) is 59.7 Å². The number of rotatable bonds is 10. The van der Waals surface area contributed by atoms with Crippen molar-refractivity contribution in [2.24, 2.45) is 5.10 Å². The van der Waals surface area contributed by atoms with Crippen LogP contribution in [0, 0.1) is 3.57 Å². The predicted molar refractivity (Wildman–Crippen MR) is 141 cm³/mol. The van der Waals surface area contributed by atoms with Gasteiger partial charge in [-0.2, -0.15) is 5.10 Å². The Kier molecular flexibility index (Phi) is 9.41. The topological polar surface area (TPSA) is 78.4 Å². The Balaban J connectivity index is 1.73. The fraction of sp³-hybridized carbons (Fsp3) is 0.200. The van der Waals surface area contributed by atoms with E-state index in [1.807, 2.05) is 37.3 Å². The maximum absolute atomic E-state index is 12.5. The first-order valence-corrected chi connectivity index (χ1v) is 11.8. The molecule has 0 aromatic heterocycles. The lowest BCUT2D eigenvalue weighted by Gasteiger charge is -2.15. The number of hydrogen-bond acceptors (Lipinski definition) is 6. The number of halogens is 2. The molecule has 1 N–H and O–H groups in total. The van der Waals surface area contributed by atoms with E-state index in [2.05, 4.69) is 33.1 Å². The number of carbonyl (C=O) groups is 1. The largest absolute Gasteiger partial charge is 0.493 e. The van der Waals surface area contributed by atoms with Gasteiger partial charge in [-0.05, 0) is 71.5 Å². The van der Waals surface area contributed by atoms with E-state index in [1.165, 1.54) is 14.2 Å². The number of ether oxygens (including phenoxy) is 4. The van der Waals surface area contributed by atoms with Crippen LogP contribution in [-0.4, -0.2) is 32.9 Å². The Morgan fingerprint density at radius 3 is 2.50 bits per heavy atom. The summed E-state index contributed by atoms with van der Waals surface area (Å²) in [5.41, 5.74) is 4.53. The lowest BCUT2D eigenvalue weighted by atomic mass is 10.2. The molecule has 0 saturated heterocycles. The maximum Gasteiger partial charge on any atom is 0.271 e. The highest BCUT2D eigenvalue weighted by molar-refractivity contribution is 14.1. The standard InChI is InChI=1S/C25H24ClIN2O5/c1-4-33-23-12-16(11-20(27)24(23)34-15-18-7-5-6-8-19(18)26)14-28-29-25(30)17-9-10-21(31-2)22(13-17)32-3/h5-14H,4,15H2,1-3H3,(H,29,30)/b28-14+. The molecule has 3 aromatic rings. The van der Waals surface area contributed by atoms with Crippen LogP contribution in [0.1, 0.15) is 28.4 Å². The second-order valence-corrected chi connectivity index (χ2v) is 8.48. The van der Waals surface area contributed by atoms with Gasteiger partial charge in [-0.15, -0.1) is 0 Å². The molecule has 3 aromatic carbocycles. The normalized spacial score (nSPS) is 10.7. The molecule has 0 spiro atoms. The van der Waals surface area contributed by atoms with Gasteiger partial charge in [0.05, 0.1) is 30.6 Å². The molecule has 0 bridgehead atoms. The number of nitrogens with zero attached hydrogens (tertiary/aromatic N) is 1. The summed E-state index contributed by atoms with van der Waals surface area (Å²) >= 11 is 8.42. The van der Waals surface area contributed by atoms with Gasteiger partial charge in [0.1, 0.15) is 6.61 Å². The molecule has 3 rings (SSSR count). The van der Waals surface area contributed by atoms with E-state index in [1.54, 1.807) is 30.5 Å². The summed E-state index contributed by atoms with van der Waals surface area (Å²) < 4.78 is 23.1. The Hall–Kier alpha value is -2.98. The van der Waals surface area contributed by atoms with Crippen LogP contribution < -0.4 is 24.4 Å². The van der Waals surface area contributed by atoms with E-state index in [0.29, 0.717) is 46.8 Å². The van der Waals surface area contributed by atoms with Crippen LogP contribution in [-0.2, 0) is 6.61 Å². The highest BCUT2D eigenvalue weighted by Gasteiger charge is 2.14. The van der Waals surface area contributed by atoms with Crippen molar-refractivity contribution in [2.75, 3.05) is 20.8 Å². The number of amides is 1. The van der Waals surface area contributed by atoms with Crippen molar-refractivity contribution in [2.45, 2.75) is 13.5 Å². The van der Waals surface area contributed by atoms with Gasteiger partial charge in [0.15, 0.2) is 23.0 Å². The highest BCUT2D eigenvalue weighted by Crippen LogP contribution is 2.35. The maximum atomic E-state index is 12.5. The Morgan fingerprint density at radius 2 is 1.79 bits per heavy atom. The van der Waals surface area contributed by atoms with Gasteiger partial charge in [-0.1, -0.05) is 29.8 Å². The zero-order chi connectivity index (χ0) is 24.5. The van der Waals surface area contributed by atoms with Crippen molar-refractivity contribution < 1.29 is 23.7 Å². The third-order valence-electron chi connectivity index (χ3n) is 4.69. The van der Waals surface area contributed by atoms with Gasteiger partial charge in [0.25, 0.3) is 5.91 Å². The molecule has 34 heavy (non-hydrogen) atoms. The minimum Gasteiger partial charge on any atom is -0.493 e. The first-order chi connectivity index (χ1) is 16.5. The van der Waals surface area contributed by atoms with Crippen molar-refractivity contribution in [3.05, 3.63) is 79.9 Å². The Labute approximate surface area is 217 Å². The second kappa shape index (κ2) is 12.5. The molecule has 0 fully saturated rings. The molecule has 0 unspecified atom stereocenters. The first kappa shape index (κ1) is 25.6. The zero-order valence-electron chi connectivity index (χ0n) is 18.9. The monoisotopic (exact) mass is 594 g/mol. The lowest BCUT2D eigenvalue weighted by molar-refractivity contribution is 0.0954. The van der Waals surface area contributed by atoms with Gasteiger partial charge < -0.3 is 18.9 Å². The summed E-state index contributed by atoms with van der Waals surface area (Å²) in [6, 6.07) is 16.1. The number of methoxy groups -OCH3 is 2. The Morgan fingerprint density at radius 1 is 1.03 bits per heavy atom. The number of nitrogens with one attached hydrogen (secondary N) is 1. The average Bonchev–Trinajstić information content (AvgIpc) is 2.84. The summed E-state index contributed by atoms with van der Waals surface area (Å²) in [5, 5.41) is 4.72. The zero-order valence-corrected chi connectivity index (χ0v) is 21.8. The molecule has 0 saturated carbocycles. The molecule has 0 atom stereocenters. The van der Waals surface area contributed by atoms with Crippen molar-refractivity contribution in [3.8, 4) is 23.0 Å². The third kappa shape index (κ3) is 6.54. The quantitative estimate of drug-likeness (QED) is 0.185. The van der Waals surface area contributed by atoms with E-state index in [-0.39, 0.29) is 5.91 Å². The summed E-state index contributed by atoms with van der Waals surface area (Å²) in [7, 11) is 3.05. The molecule has 0 aliphatic heterocycles.